The molecule has 0 atom stereocenters. The Hall–Kier alpha value is -2.28. The van der Waals surface area contributed by atoms with Gasteiger partial charge in [-0.15, -0.1) is 0 Å². The van der Waals surface area contributed by atoms with Crippen LogP contribution in [0.15, 0.2) is 6.20 Å². The number of nitrogens with two attached hydrogens (primary N) is 2. The molecule has 1 aliphatic rings. The zero-order chi connectivity index (χ0) is 17.3. The van der Waals surface area contributed by atoms with Crippen molar-refractivity contribution in [1.29, 1.82) is 0 Å². The van der Waals surface area contributed by atoms with Crippen molar-refractivity contribution in [2.75, 3.05) is 31.9 Å². The number of likely N-dealkylation sites (tertiary alicyclic amines) is 1. The Kier molecular flexibility index (Phi) is 4.51. The van der Waals surface area contributed by atoms with Gasteiger partial charge in [0.1, 0.15) is 5.54 Å². The second kappa shape index (κ2) is 6.08. The van der Waals surface area contributed by atoms with Crippen LogP contribution in [0.3, 0.4) is 0 Å². The van der Waals surface area contributed by atoms with Gasteiger partial charge in [-0.05, 0) is 12.8 Å². The van der Waals surface area contributed by atoms with Crippen LogP contribution in [0.5, 0.6) is 0 Å². The SMILES string of the molecule is [C-]#[N+]CC1(n2cc(N)c(C(N)=O)n2)CCN(CC(F)(F)F)CC1. The van der Waals surface area contributed by atoms with E-state index in [4.69, 9.17) is 18.0 Å². The van der Waals surface area contributed by atoms with E-state index in [2.05, 4.69) is 9.94 Å². The molecule has 0 saturated carbocycles. The molecule has 2 heterocycles. The molecule has 1 saturated heterocycles. The minimum Gasteiger partial charge on any atom is -0.396 e. The summed E-state index contributed by atoms with van der Waals surface area (Å²) in [5.74, 6) is -0.784. The van der Waals surface area contributed by atoms with Gasteiger partial charge in [0.15, 0.2) is 5.69 Å². The van der Waals surface area contributed by atoms with Gasteiger partial charge in [0.05, 0.1) is 12.2 Å². The van der Waals surface area contributed by atoms with Crippen LogP contribution < -0.4 is 11.5 Å². The largest absolute Gasteiger partial charge is 0.401 e. The zero-order valence-corrected chi connectivity index (χ0v) is 12.3. The van der Waals surface area contributed by atoms with Crippen molar-refractivity contribution in [3.05, 3.63) is 23.3 Å². The summed E-state index contributed by atoms with van der Waals surface area (Å²) < 4.78 is 38.8. The first-order chi connectivity index (χ1) is 10.7. The van der Waals surface area contributed by atoms with Crippen molar-refractivity contribution < 1.29 is 18.0 Å². The fourth-order valence-corrected chi connectivity index (χ4v) is 2.81. The standard InChI is InChI=1S/C13H17F3N6O/c1-19-7-12(22-6-9(17)10(20-22)11(18)23)2-4-21(5-3-12)8-13(14,15)16/h6H,2-5,7-8,17H2,(H2,18,23). The van der Waals surface area contributed by atoms with E-state index in [-0.39, 0.29) is 31.0 Å². The van der Waals surface area contributed by atoms with E-state index in [1.807, 2.05) is 0 Å². The van der Waals surface area contributed by atoms with Gasteiger partial charge in [-0.25, -0.2) is 6.57 Å². The topological polar surface area (TPSA) is 94.5 Å². The maximum absolute atomic E-state index is 12.5. The number of piperidine rings is 1. The third-order valence-corrected chi connectivity index (χ3v) is 4.02. The second-order valence-electron chi connectivity index (χ2n) is 5.67. The van der Waals surface area contributed by atoms with Crippen LogP contribution in [0.25, 0.3) is 4.85 Å². The minimum absolute atomic E-state index is 0.0478. The Balaban J connectivity index is 2.21. The maximum atomic E-state index is 12.5. The Morgan fingerprint density at radius 3 is 2.48 bits per heavy atom. The third kappa shape index (κ3) is 3.73. The molecule has 2 rings (SSSR count). The summed E-state index contributed by atoms with van der Waals surface area (Å²) in [6, 6.07) is 0. The number of anilines is 1. The second-order valence-corrected chi connectivity index (χ2v) is 5.67. The van der Waals surface area contributed by atoms with Gasteiger partial charge in [0.2, 0.25) is 6.54 Å². The Morgan fingerprint density at radius 1 is 1.43 bits per heavy atom. The van der Waals surface area contributed by atoms with E-state index in [0.717, 1.165) is 0 Å². The summed E-state index contributed by atoms with van der Waals surface area (Å²) in [7, 11) is 0. The van der Waals surface area contributed by atoms with Crippen LogP contribution >= 0.6 is 0 Å². The third-order valence-electron chi connectivity index (χ3n) is 4.02. The van der Waals surface area contributed by atoms with E-state index in [0.29, 0.717) is 12.8 Å². The molecule has 1 amide bonds. The fourth-order valence-electron chi connectivity index (χ4n) is 2.81. The summed E-state index contributed by atoms with van der Waals surface area (Å²) in [5, 5.41) is 4.06. The number of nitrogens with zero attached hydrogens (tertiary/aromatic N) is 4. The monoisotopic (exact) mass is 330 g/mol. The predicted molar refractivity (Wildman–Crippen MR) is 76.3 cm³/mol. The predicted octanol–water partition coefficient (Wildman–Crippen LogP) is 0.837. The molecule has 1 aromatic heterocycles. The van der Waals surface area contributed by atoms with E-state index in [1.165, 1.54) is 15.8 Å². The first-order valence-electron chi connectivity index (χ1n) is 6.95. The van der Waals surface area contributed by atoms with E-state index in [1.54, 1.807) is 0 Å². The average molecular weight is 330 g/mol. The summed E-state index contributed by atoms with van der Waals surface area (Å²) >= 11 is 0. The number of primary amides is 1. The number of rotatable bonds is 4. The van der Waals surface area contributed by atoms with Gasteiger partial charge in [-0.3, -0.25) is 14.4 Å². The molecule has 0 radical (unpaired) electrons. The number of hydrogen-bond acceptors (Lipinski definition) is 4. The van der Waals surface area contributed by atoms with Gasteiger partial charge >= 0.3 is 6.18 Å². The van der Waals surface area contributed by atoms with Gasteiger partial charge in [-0.1, -0.05) is 0 Å². The number of hydrogen-bond donors (Lipinski definition) is 2. The van der Waals surface area contributed by atoms with Gasteiger partial charge in [0, 0.05) is 19.3 Å². The van der Waals surface area contributed by atoms with Crippen LogP contribution in [0.1, 0.15) is 23.3 Å². The quantitative estimate of drug-likeness (QED) is 0.800. The molecule has 0 unspecified atom stereocenters. The van der Waals surface area contributed by atoms with E-state index in [9.17, 15) is 18.0 Å². The highest BCUT2D eigenvalue weighted by atomic mass is 19.4. The number of carbonyl (C=O) groups excluding carboxylic acids is 1. The highest BCUT2D eigenvalue weighted by molar-refractivity contribution is 5.95. The van der Waals surface area contributed by atoms with Crippen molar-refractivity contribution in [2.45, 2.75) is 24.6 Å². The Morgan fingerprint density at radius 2 is 2.04 bits per heavy atom. The lowest BCUT2D eigenvalue weighted by molar-refractivity contribution is -0.150. The fraction of sp³-hybridized carbons (Fsp3) is 0.615. The molecule has 0 spiro atoms. The number of alkyl halides is 3. The Bertz CT molecular complexity index is 625. The number of halogens is 3. The van der Waals surface area contributed by atoms with Gasteiger partial charge < -0.3 is 16.3 Å². The lowest BCUT2D eigenvalue weighted by atomic mass is 9.87. The molecule has 10 heteroatoms. The van der Waals surface area contributed by atoms with Crippen molar-refractivity contribution in [1.82, 2.24) is 14.7 Å². The number of aromatic nitrogens is 2. The first kappa shape index (κ1) is 17.1. The Labute approximate surface area is 130 Å². The molecule has 1 aliphatic heterocycles. The molecule has 7 nitrogen and oxygen atoms in total. The van der Waals surface area contributed by atoms with Gasteiger partial charge in [0.25, 0.3) is 5.91 Å². The van der Waals surface area contributed by atoms with Crippen LogP contribution in [0.4, 0.5) is 18.9 Å². The van der Waals surface area contributed by atoms with Crippen LogP contribution in [0.2, 0.25) is 0 Å². The van der Waals surface area contributed by atoms with Crippen molar-refractivity contribution in [3.63, 3.8) is 0 Å². The smallest absolute Gasteiger partial charge is 0.396 e. The molecular weight excluding hydrogens is 313 g/mol. The zero-order valence-electron chi connectivity index (χ0n) is 12.3. The van der Waals surface area contributed by atoms with Crippen LogP contribution in [-0.2, 0) is 5.54 Å². The summed E-state index contributed by atoms with van der Waals surface area (Å²) in [5.41, 5.74) is 10.1. The maximum Gasteiger partial charge on any atom is 0.401 e. The lowest BCUT2D eigenvalue weighted by Crippen LogP contribution is -2.50. The van der Waals surface area contributed by atoms with Crippen LogP contribution in [-0.4, -0.2) is 52.9 Å². The van der Waals surface area contributed by atoms with Crippen molar-refractivity contribution in [3.8, 4) is 0 Å². The molecule has 0 aromatic carbocycles. The van der Waals surface area contributed by atoms with Crippen LogP contribution in [0, 0.1) is 6.57 Å². The molecule has 4 N–H and O–H groups in total. The molecule has 126 valence electrons. The van der Waals surface area contributed by atoms with E-state index < -0.39 is 24.2 Å². The summed E-state index contributed by atoms with van der Waals surface area (Å²) in [6.45, 7) is 6.55. The molecule has 1 aromatic rings. The summed E-state index contributed by atoms with van der Waals surface area (Å²) in [4.78, 5) is 15.9. The number of carbonyl (C=O) groups is 1. The average Bonchev–Trinajstić information content (AvgIpc) is 2.83. The minimum atomic E-state index is -4.25. The van der Waals surface area contributed by atoms with Gasteiger partial charge in [-0.2, -0.15) is 18.3 Å². The highest BCUT2D eigenvalue weighted by Gasteiger charge is 2.43. The molecule has 23 heavy (non-hydrogen) atoms. The number of nitrogen functional groups attached to an aromatic ring is 1. The highest BCUT2D eigenvalue weighted by Crippen LogP contribution is 2.33. The van der Waals surface area contributed by atoms with Crippen molar-refractivity contribution in [2.24, 2.45) is 5.73 Å². The molecular formula is C13H17F3N6O. The van der Waals surface area contributed by atoms with Crippen molar-refractivity contribution >= 4 is 11.6 Å². The molecule has 0 bridgehead atoms. The first-order valence-corrected chi connectivity index (χ1v) is 6.95. The normalized spacial score (nSPS) is 18.5. The number of amides is 1. The van der Waals surface area contributed by atoms with E-state index >= 15 is 0 Å². The summed E-state index contributed by atoms with van der Waals surface area (Å²) in [6.07, 6.45) is -2.21. The molecule has 1 fully saturated rings. The molecule has 0 aliphatic carbocycles. The lowest BCUT2D eigenvalue weighted by Gasteiger charge is -2.38.